The molecule has 3 heterocycles. The number of anilines is 2. The minimum Gasteiger partial charge on any atom is -0.383 e. The van der Waals surface area contributed by atoms with Crippen molar-refractivity contribution in [2.45, 2.75) is 13.0 Å². The second-order valence-electron chi connectivity index (χ2n) is 5.24. The summed E-state index contributed by atoms with van der Waals surface area (Å²) in [6, 6.07) is 10.4. The lowest BCUT2D eigenvalue weighted by molar-refractivity contribution is 0.376. The lowest BCUT2D eigenvalue weighted by atomic mass is 10.2. The Bertz CT molecular complexity index is 753. The summed E-state index contributed by atoms with van der Waals surface area (Å²) in [5.74, 6) is 1.32. The minimum atomic E-state index is 0.635. The highest BCUT2D eigenvalue weighted by atomic mass is 32.1. The molecule has 0 fully saturated rings. The molecule has 0 spiro atoms. The Morgan fingerprint density at radius 2 is 2.23 bits per heavy atom. The molecule has 0 saturated heterocycles. The van der Waals surface area contributed by atoms with Crippen LogP contribution >= 0.6 is 11.3 Å². The number of para-hydroxylation sites is 2. The molecule has 5 nitrogen and oxygen atoms in total. The van der Waals surface area contributed by atoms with Crippen LogP contribution in [0, 0.1) is 0 Å². The topological polar surface area (TPSA) is 54.2 Å². The van der Waals surface area contributed by atoms with Crippen LogP contribution in [-0.2, 0) is 6.54 Å². The highest BCUT2D eigenvalue weighted by Gasteiger charge is 2.18. The summed E-state index contributed by atoms with van der Waals surface area (Å²) < 4.78 is 5.43. The first-order valence-electron chi connectivity index (χ1n) is 7.33. The number of hydrogen-bond donors (Lipinski definition) is 1. The maximum Gasteiger partial charge on any atom is 0.246 e. The van der Waals surface area contributed by atoms with Crippen molar-refractivity contribution in [3.8, 4) is 11.4 Å². The van der Waals surface area contributed by atoms with E-state index in [1.807, 2.05) is 16.8 Å². The molecule has 0 atom stereocenters. The van der Waals surface area contributed by atoms with Crippen molar-refractivity contribution < 1.29 is 4.52 Å². The molecular formula is C16H16N4OS. The fraction of sp³-hybridized carbons (Fsp3) is 0.250. The largest absolute Gasteiger partial charge is 0.383 e. The molecule has 1 aliphatic rings. The molecule has 1 aromatic carbocycles. The van der Waals surface area contributed by atoms with Crippen LogP contribution in [0.25, 0.3) is 11.4 Å². The van der Waals surface area contributed by atoms with Gasteiger partial charge in [-0.15, -0.1) is 0 Å². The van der Waals surface area contributed by atoms with Crippen molar-refractivity contribution in [2.75, 3.05) is 23.3 Å². The summed E-state index contributed by atoms with van der Waals surface area (Å²) in [6.07, 6.45) is 1.08. The van der Waals surface area contributed by atoms with Crippen molar-refractivity contribution in [1.82, 2.24) is 10.1 Å². The van der Waals surface area contributed by atoms with E-state index < -0.39 is 0 Å². The second-order valence-corrected chi connectivity index (χ2v) is 6.02. The molecule has 22 heavy (non-hydrogen) atoms. The van der Waals surface area contributed by atoms with E-state index in [-0.39, 0.29) is 0 Å². The Morgan fingerprint density at radius 1 is 1.27 bits per heavy atom. The van der Waals surface area contributed by atoms with Gasteiger partial charge in [-0.1, -0.05) is 17.3 Å². The van der Waals surface area contributed by atoms with Crippen LogP contribution < -0.4 is 10.2 Å². The number of nitrogens with zero attached hydrogens (tertiary/aromatic N) is 3. The normalized spacial score (nSPS) is 14.3. The average Bonchev–Trinajstić information content (AvgIpc) is 3.18. The summed E-state index contributed by atoms with van der Waals surface area (Å²) in [6.45, 7) is 2.59. The molecule has 112 valence electrons. The third-order valence-corrected chi connectivity index (χ3v) is 4.42. The van der Waals surface area contributed by atoms with E-state index in [1.54, 1.807) is 11.3 Å². The first-order chi connectivity index (χ1) is 10.9. The molecule has 0 saturated carbocycles. The highest BCUT2D eigenvalue weighted by Crippen LogP contribution is 2.29. The van der Waals surface area contributed by atoms with E-state index in [4.69, 9.17) is 4.52 Å². The third-order valence-electron chi connectivity index (χ3n) is 3.74. The second kappa shape index (κ2) is 5.81. The van der Waals surface area contributed by atoms with Gasteiger partial charge >= 0.3 is 0 Å². The van der Waals surface area contributed by atoms with E-state index in [9.17, 15) is 0 Å². The van der Waals surface area contributed by atoms with Gasteiger partial charge in [0.25, 0.3) is 0 Å². The Morgan fingerprint density at radius 3 is 3.14 bits per heavy atom. The predicted octanol–water partition coefficient (Wildman–Crippen LogP) is 3.62. The van der Waals surface area contributed by atoms with Crippen LogP contribution in [0.5, 0.6) is 0 Å². The number of thiophene rings is 1. The van der Waals surface area contributed by atoms with E-state index in [0.29, 0.717) is 18.3 Å². The molecule has 4 rings (SSSR count). The van der Waals surface area contributed by atoms with Crippen molar-refractivity contribution in [2.24, 2.45) is 0 Å². The van der Waals surface area contributed by atoms with Gasteiger partial charge in [-0.05, 0) is 30.0 Å². The van der Waals surface area contributed by atoms with E-state index >= 15 is 0 Å². The van der Waals surface area contributed by atoms with Gasteiger partial charge in [-0.3, -0.25) is 0 Å². The van der Waals surface area contributed by atoms with Crippen molar-refractivity contribution >= 4 is 22.7 Å². The molecule has 2 aromatic heterocycles. The van der Waals surface area contributed by atoms with Gasteiger partial charge in [-0.2, -0.15) is 16.3 Å². The number of fused-ring (bicyclic) bond motifs is 1. The Balaban J connectivity index is 1.58. The molecule has 6 heteroatoms. The number of nitrogens with one attached hydrogen (secondary N) is 1. The van der Waals surface area contributed by atoms with Crippen molar-refractivity contribution in [3.05, 3.63) is 47.0 Å². The first kappa shape index (κ1) is 13.3. The van der Waals surface area contributed by atoms with Gasteiger partial charge in [0.05, 0.1) is 17.9 Å². The summed E-state index contributed by atoms with van der Waals surface area (Å²) in [5.41, 5.74) is 3.37. The predicted molar refractivity (Wildman–Crippen MR) is 88.2 cm³/mol. The fourth-order valence-corrected chi connectivity index (χ4v) is 3.30. The molecule has 0 bridgehead atoms. The van der Waals surface area contributed by atoms with Crippen molar-refractivity contribution in [3.63, 3.8) is 0 Å². The number of hydrogen-bond acceptors (Lipinski definition) is 6. The van der Waals surface area contributed by atoms with Gasteiger partial charge in [-0.25, -0.2) is 0 Å². The zero-order valence-corrected chi connectivity index (χ0v) is 12.8. The van der Waals surface area contributed by atoms with Gasteiger partial charge in [0.1, 0.15) is 0 Å². The fourth-order valence-electron chi connectivity index (χ4n) is 2.67. The van der Waals surface area contributed by atoms with E-state index in [1.165, 1.54) is 5.69 Å². The smallest absolute Gasteiger partial charge is 0.246 e. The summed E-state index contributed by atoms with van der Waals surface area (Å²) >= 11 is 1.63. The van der Waals surface area contributed by atoms with E-state index in [0.717, 1.165) is 30.8 Å². The summed E-state index contributed by atoms with van der Waals surface area (Å²) in [5, 5.41) is 11.6. The Labute approximate surface area is 132 Å². The molecule has 0 radical (unpaired) electrons. The highest BCUT2D eigenvalue weighted by molar-refractivity contribution is 7.08. The quantitative estimate of drug-likeness (QED) is 0.800. The average molecular weight is 312 g/mol. The van der Waals surface area contributed by atoms with Crippen LogP contribution in [0.3, 0.4) is 0 Å². The van der Waals surface area contributed by atoms with Gasteiger partial charge in [0.15, 0.2) is 0 Å². The van der Waals surface area contributed by atoms with Crippen LogP contribution in [0.4, 0.5) is 11.4 Å². The molecular weight excluding hydrogens is 296 g/mol. The molecule has 0 aliphatic carbocycles. The van der Waals surface area contributed by atoms with Crippen LogP contribution in [0.1, 0.15) is 12.3 Å². The number of benzene rings is 1. The molecule has 1 N–H and O–H groups in total. The maximum atomic E-state index is 5.43. The molecule has 3 aromatic rings. The number of rotatable bonds is 3. The Kier molecular flexibility index (Phi) is 3.52. The zero-order valence-electron chi connectivity index (χ0n) is 12.0. The van der Waals surface area contributed by atoms with Crippen molar-refractivity contribution in [1.29, 1.82) is 0 Å². The molecule has 0 unspecified atom stereocenters. The maximum absolute atomic E-state index is 5.43. The number of aromatic nitrogens is 2. The molecule has 1 aliphatic heterocycles. The SMILES string of the molecule is c1ccc2c(c1)NCCCN2Cc1nc(-c2ccsc2)no1. The first-order valence-corrected chi connectivity index (χ1v) is 8.27. The van der Waals surface area contributed by atoms with Gasteiger partial charge in [0.2, 0.25) is 11.7 Å². The minimum absolute atomic E-state index is 0.635. The third kappa shape index (κ3) is 2.57. The van der Waals surface area contributed by atoms with E-state index in [2.05, 4.69) is 44.6 Å². The van der Waals surface area contributed by atoms with Crippen LogP contribution in [0.2, 0.25) is 0 Å². The Hall–Kier alpha value is -2.34. The van der Waals surface area contributed by atoms with Gasteiger partial charge < -0.3 is 14.7 Å². The van der Waals surface area contributed by atoms with Crippen LogP contribution in [-0.4, -0.2) is 23.2 Å². The lowest BCUT2D eigenvalue weighted by Gasteiger charge is -2.22. The molecule has 0 amide bonds. The standard InChI is InChI=1S/C16H16N4OS/c1-2-5-14-13(4-1)17-7-3-8-20(14)10-15-18-16(19-21-15)12-6-9-22-11-12/h1-2,4-6,9,11,17H,3,7-8,10H2. The zero-order chi connectivity index (χ0) is 14.8. The lowest BCUT2D eigenvalue weighted by Crippen LogP contribution is -2.23. The summed E-state index contributed by atoms with van der Waals surface area (Å²) in [4.78, 5) is 6.81. The monoisotopic (exact) mass is 312 g/mol. The van der Waals surface area contributed by atoms with Crippen LogP contribution in [0.15, 0.2) is 45.6 Å². The summed E-state index contributed by atoms with van der Waals surface area (Å²) in [7, 11) is 0. The van der Waals surface area contributed by atoms with Gasteiger partial charge in [0, 0.05) is 24.0 Å².